The monoisotopic (exact) mass is 155 g/mol. The minimum absolute atomic E-state index is 0.756. The van der Waals surface area contributed by atoms with E-state index in [1.165, 1.54) is 25.8 Å². The normalized spacial score (nSPS) is 33.0. The van der Waals surface area contributed by atoms with Crippen molar-refractivity contribution in [1.82, 2.24) is 5.32 Å². The summed E-state index contributed by atoms with van der Waals surface area (Å²) < 4.78 is 0. The highest BCUT2D eigenvalue weighted by molar-refractivity contribution is 4.83. The molecular weight excluding hydrogens is 134 g/mol. The van der Waals surface area contributed by atoms with Gasteiger partial charge in [0.15, 0.2) is 0 Å². The number of rotatable bonds is 4. The molecule has 1 atom stereocenters. The second-order valence-corrected chi connectivity index (χ2v) is 4.08. The minimum atomic E-state index is 0.756. The first kappa shape index (κ1) is 9.05. The molecule has 0 aliphatic heterocycles. The van der Waals surface area contributed by atoms with Crippen molar-refractivity contribution in [3.63, 3.8) is 0 Å². The summed E-state index contributed by atoms with van der Waals surface area (Å²) in [6.45, 7) is 8.09. The van der Waals surface area contributed by atoms with Crippen LogP contribution in [0.1, 0.15) is 40.0 Å². The highest BCUT2D eigenvalue weighted by Gasteiger charge is 2.29. The molecular formula is C10H21N. The van der Waals surface area contributed by atoms with Gasteiger partial charge in [0, 0.05) is 6.04 Å². The SMILES string of the molecule is CCCNC(C)C1CC(C)C1. The standard InChI is InChI=1S/C10H21N/c1-4-5-11-9(3)10-6-8(2)7-10/h8-11H,4-7H2,1-3H3. The van der Waals surface area contributed by atoms with Gasteiger partial charge in [0.2, 0.25) is 0 Å². The van der Waals surface area contributed by atoms with Gasteiger partial charge in [0.1, 0.15) is 0 Å². The van der Waals surface area contributed by atoms with Crippen molar-refractivity contribution >= 4 is 0 Å². The summed E-state index contributed by atoms with van der Waals surface area (Å²) in [7, 11) is 0. The molecule has 1 heteroatoms. The van der Waals surface area contributed by atoms with Crippen LogP contribution in [0.2, 0.25) is 0 Å². The van der Waals surface area contributed by atoms with E-state index in [0.717, 1.165) is 17.9 Å². The molecule has 0 amide bonds. The first-order valence-corrected chi connectivity index (χ1v) is 4.97. The van der Waals surface area contributed by atoms with E-state index in [1.54, 1.807) is 0 Å². The molecule has 11 heavy (non-hydrogen) atoms. The van der Waals surface area contributed by atoms with Crippen LogP contribution in [0.3, 0.4) is 0 Å². The van der Waals surface area contributed by atoms with Crippen LogP contribution in [-0.2, 0) is 0 Å². The van der Waals surface area contributed by atoms with Crippen molar-refractivity contribution in [2.24, 2.45) is 11.8 Å². The molecule has 66 valence electrons. The first-order valence-electron chi connectivity index (χ1n) is 4.97. The third-order valence-corrected chi connectivity index (χ3v) is 2.83. The lowest BCUT2D eigenvalue weighted by molar-refractivity contribution is 0.165. The lowest BCUT2D eigenvalue weighted by Crippen LogP contribution is -2.40. The van der Waals surface area contributed by atoms with Crippen LogP contribution < -0.4 is 5.32 Å². The molecule has 0 aromatic carbocycles. The topological polar surface area (TPSA) is 12.0 Å². The minimum Gasteiger partial charge on any atom is -0.314 e. The van der Waals surface area contributed by atoms with Gasteiger partial charge in [0.05, 0.1) is 0 Å². The predicted molar refractivity (Wildman–Crippen MR) is 49.6 cm³/mol. The van der Waals surface area contributed by atoms with Crippen molar-refractivity contribution in [1.29, 1.82) is 0 Å². The molecule has 1 N–H and O–H groups in total. The lowest BCUT2D eigenvalue weighted by Gasteiger charge is -2.37. The zero-order valence-corrected chi connectivity index (χ0v) is 8.06. The Kier molecular flexibility index (Phi) is 3.38. The maximum Gasteiger partial charge on any atom is 0.00671 e. The molecule has 1 nitrogen and oxygen atoms in total. The smallest absolute Gasteiger partial charge is 0.00671 e. The molecule has 1 aliphatic carbocycles. The Labute approximate surface area is 70.6 Å². The Morgan fingerprint density at radius 3 is 2.55 bits per heavy atom. The fourth-order valence-corrected chi connectivity index (χ4v) is 1.91. The van der Waals surface area contributed by atoms with E-state index in [1.807, 2.05) is 0 Å². The molecule has 0 aromatic heterocycles. The molecule has 0 aromatic rings. The summed E-state index contributed by atoms with van der Waals surface area (Å²) in [5, 5.41) is 3.55. The Morgan fingerprint density at radius 2 is 2.09 bits per heavy atom. The van der Waals surface area contributed by atoms with Crippen molar-refractivity contribution in [2.45, 2.75) is 46.1 Å². The fraction of sp³-hybridized carbons (Fsp3) is 1.00. The van der Waals surface area contributed by atoms with Crippen molar-refractivity contribution in [2.75, 3.05) is 6.54 Å². The van der Waals surface area contributed by atoms with E-state index < -0.39 is 0 Å². The molecule has 0 saturated heterocycles. The molecule has 1 rings (SSSR count). The third kappa shape index (κ3) is 2.48. The molecule has 0 spiro atoms. The van der Waals surface area contributed by atoms with Crippen LogP contribution >= 0.6 is 0 Å². The van der Waals surface area contributed by atoms with Gasteiger partial charge in [0.25, 0.3) is 0 Å². The molecule has 0 radical (unpaired) electrons. The van der Waals surface area contributed by atoms with E-state index in [-0.39, 0.29) is 0 Å². The summed E-state index contributed by atoms with van der Waals surface area (Å²) in [4.78, 5) is 0. The van der Waals surface area contributed by atoms with Crippen molar-refractivity contribution < 1.29 is 0 Å². The van der Waals surface area contributed by atoms with Gasteiger partial charge < -0.3 is 5.32 Å². The average Bonchev–Trinajstić information content (AvgIpc) is 1.94. The van der Waals surface area contributed by atoms with Crippen LogP contribution in [0.4, 0.5) is 0 Å². The van der Waals surface area contributed by atoms with E-state index >= 15 is 0 Å². The Hall–Kier alpha value is -0.0400. The lowest BCUT2D eigenvalue weighted by atomic mass is 9.72. The largest absolute Gasteiger partial charge is 0.314 e. The first-order chi connectivity index (χ1) is 5.24. The van der Waals surface area contributed by atoms with Crippen LogP contribution in [0.15, 0.2) is 0 Å². The highest BCUT2D eigenvalue weighted by atomic mass is 14.9. The van der Waals surface area contributed by atoms with Crippen molar-refractivity contribution in [3.05, 3.63) is 0 Å². The number of hydrogen-bond acceptors (Lipinski definition) is 1. The Bertz CT molecular complexity index is 105. The van der Waals surface area contributed by atoms with Crippen LogP contribution in [0.25, 0.3) is 0 Å². The van der Waals surface area contributed by atoms with Crippen LogP contribution in [0, 0.1) is 11.8 Å². The number of hydrogen-bond donors (Lipinski definition) is 1. The number of nitrogens with one attached hydrogen (secondary N) is 1. The summed E-state index contributed by atoms with van der Waals surface area (Å²) in [5.74, 6) is 1.96. The highest BCUT2D eigenvalue weighted by Crippen LogP contribution is 2.35. The third-order valence-electron chi connectivity index (χ3n) is 2.83. The fourth-order valence-electron chi connectivity index (χ4n) is 1.91. The van der Waals surface area contributed by atoms with Crippen LogP contribution in [-0.4, -0.2) is 12.6 Å². The Morgan fingerprint density at radius 1 is 1.45 bits per heavy atom. The Balaban J connectivity index is 2.06. The summed E-state index contributed by atoms with van der Waals surface area (Å²) in [6, 6.07) is 0.756. The van der Waals surface area contributed by atoms with Gasteiger partial charge in [-0.25, -0.2) is 0 Å². The van der Waals surface area contributed by atoms with Gasteiger partial charge in [-0.1, -0.05) is 13.8 Å². The van der Waals surface area contributed by atoms with Gasteiger partial charge in [-0.05, 0) is 44.6 Å². The zero-order valence-electron chi connectivity index (χ0n) is 8.06. The van der Waals surface area contributed by atoms with Crippen LogP contribution in [0.5, 0.6) is 0 Å². The van der Waals surface area contributed by atoms with Gasteiger partial charge >= 0.3 is 0 Å². The molecule has 0 bridgehead atoms. The summed E-state index contributed by atoms with van der Waals surface area (Å²) in [5.41, 5.74) is 0. The molecule has 1 unspecified atom stereocenters. The van der Waals surface area contributed by atoms with Gasteiger partial charge in [-0.2, -0.15) is 0 Å². The van der Waals surface area contributed by atoms with E-state index in [0.29, 0.717) is 0 Å². The summed E-state index contributed by atoms with van der Waals surface area (Å²) >= 11 is 0. The maximum atomic E-state index is 3.55. The second kappa shape index (κ2) is 4.10. The maximum absolute atomic E-state index is 3.55. The second-order valence-electron chi connectivity index (χ2n) is 4.08. The van der Waals surface area contributed by atoms with Gasteiger partial charge in [-0.15, -0.1) is 0 Å². The zero-order chi connectivity index (χ0) is 8.27. The quantitative estimate of drug-likeness (QED) is 0.657. The average molecular weight is 155 g/mol. The summed E-state index contributed by atoms with van der Waals surface area (Å²) in [6.07, 6.45) is 4.14. The van der Waals surface area contributed by atoms with E-state index in [9.17, 15) is 0 Å². The molecule has 1 saturated carbocycles. The van der Waals surface area contributed by atoms with E-state index in [4.69, 9.17) is 0 Å². The van der Waals surface area contributed by atoms with Crippen molar-refractivity contribution in [3.8, 4) is 0 Å². The molecule has 0 heterocycles. The molecule has 1 aliphatic rings. The van der Waals surface area contributed by atoms with Gasteiger partial charge in [-0.3, -0.25) is 0 Å². The predicted octanol–water partition coefficient (Wildman–Crippen LogP) is 2.42. The van der Waals surface area contributed by atoms with E-state index in [2.05, 4.69) is 26.1 Å². The molecule has 1 fully saturated rings.